The third-order valence-electron chi connectivity index (χ3n) is 3.30. The Bertz CT molecular complexity index is 519. The zero-order chi connectivity index (χ0) is 15.4. The molecule has 21 heavy (non-hydrogen) atoms. The molecule has 0 aliphatic carbocycles. The van der Waals surface area contributed by atoms with Crippen LogP contribution in [0.3, 0.4) is 0 Å². The number of aliphatic hydroxyl groups excluding tert-OH is 1. The van der Waals surface area contributed by atoms with E-state index in [2.05, 4.69) is 9.97 Å². The van der Waals surface area contributed by atoms with Crippen LogP contribution in [0.25, 0.3) is 0 Å². The molecule has 1 fully saturated rings. The Hall–Kier alpha value is -2.00. The van der Waals surface area contributed by atoms with Crippen molar-refractivity contribution in [2.45, 2.75) is 6.92 Å². The molecule has 116 valence electrons. The predicted molar refractivity (Wildman–Crippen MR) is 76.8 cm³/mol. The van der Waals surface area contributed by atoms with Gasteiger partial charge in [-0.05, 0) is 6.92 Å². The Balaban J connectivity index is 2.42. The van der Waals surface area contributed by atoms with Gasteiger partial charge in [-0.15, -0.1) is 0 Å². The van der Waals surface area contributed by atoms with Gasteiger partial charge in [-0.3, -0.25) is 10.1 Å². The number of aryl methyl sites for hydroxylation is 1. The summed E-state index contributed by atoms with van der Waals surface area (Å²) in [4.78, 5) is 22.8. The number of rotatable bonds is 5. The quantitative estimate of drug-likeness (QED) is 0.596. The van der Waals surface area contributed by atoms with Gasteiger partial charge in [0.25, 0.3) is 0 Å². The number of aliphatic hydroxyl groups is 1. The largest absolute Gasteiger partial charge is 0.395 e. The maximum absolute atomic E-state index is 11.2. The normalized spacial score (nSPS) is 15.1. The van der Waals surface area contributed by atoms with E-state index in [0.29, 0.717) is 37.9 Å². The third kappa shape index (κ3) is 3.37. The van der Waals surface area contributed by atoms with Crippen molar-refractivity contribution in [1.82, 2.24) is 9.97 Å². The summed E-state index contributed by atoms with van der Waals surface area (Å²) >= 11 is 0. The number of ether oxygens (including phenoxy) is 1. The highest BCUT2D eigenvalue weighted by Crippen LogP contribution is 2.30. The maximum Gasteiger partial charge on any atom is 0.332 e. The molecule has 0 spiro atoms. The van der Waals surface area contributed by atoms with E-state index in [1.165, 1.54) is 0 Å². The number of nitrogens with zero attached hydrogens (tertiary/aromatic N) is 5. The van der Waals surface area contributed by atoms with Crippen LogP contribution in [0.2, 0.25) is 0 Å². The molecule has 0 unspecified atom stereocenters. The molecule has 0 bridgehead atoms. The monoisotopic (exact) mass is 297 g/mol. The van der Waals surface area contributed by atoms with Crippen molar-refractivity contribution < 1.29 is 14.8 Å². The van der Waals surface area contributed by atoms with Gasteiger partial charge in [0.15, 0.2) is 0 Å². The molecule has 1 aromatic rings. The van der Waals surface area contributed by atoms with Crippen LogP contribution in [0, 0.1) is 17.0 Å². The molecule has 0 amide bonds. The van der Waals surface area contributed by atoms with E-state index in [1.54, 1.807) is 18.9 Å². The number of nitro groups is 1. The molecule has 1 aromatic heterocycles. The summed E-state index contributed by atoms with van der Waals surface area (Å²) in [6.45, 7) is 4.23. The average molecular weight is 297 g/mol. The van der Waals surface area contributed by atoms with Crippen LogP contribution < -0.4 is 9.80 Å². The minimum Gasteiger partial charge on any atom is -0.395 e. The summed E-state index contributed by atoms with van der Waals surface area (Å²) < 4.78 is 5.28. The van der Waals surface area contributed by atoms with Gasteiger partial charge in [0.05, 0.1) is 24.7 Å². The molecule has 2 heterocycles. The van der Waals surface area contributed by atoms with Crippen molar-refractivity contribution in [2.24, 2.45) is 0 Å². The fourth-order valence-corrected chi connectivity index (χ4v) is 2.18. The fourth-order valence-electron chi connectivity index (χ4n) is 2.18. The van der Waals surface area contributed by atoms with E-state index in [1.807, 2.05) is 4.90 Å². The van der Waals surface area contributed by atoms with Crippen LogP contribution in [0.1, 0.15) is 5.69 Å². The lowest BCUT2D eigenvalue weighted by molar-refractivity contribution is -0.385. The topological polar surface area (TPSA) is 105 Å². The third-order valence-corrected chi connectivity index (χ3v) is 3.30. The van der Waals surface area contributed by atoms with Crippen molar-refractivity contribution in [2.75, 3.05) is 56.3 Å². The van der Waals surface area contributed by atoms with Crippen LogP contribution in [-0.2, 0) is 4.74 Å². The first kappa shape index (κ1) is 15.4. The molecule has 2 rings (SSSR count). The second-order valence-corrected chi connectivity index (χ2v) is 4.78. The summed E-state index contributed by atoms with van der Waals surface area (Å²) in [5, 5.41) is 20.3. The Morgan fingerprint density at radius 3 is 2.67 bits per heavy atom. The van der Waals surface area contributed by atoms with Crippen LogP contribution in [0.5, 0.6) is 0 Å². The highest BCUT2D eigenvalue weighted by Gasteiger charge is 2.26. The lowest BCUT2D eigenvalue weighted by Crippen LogP contribution is -2.38. The molecule has 1 saturated heterocycles. The Kier molecular flexibility index (Phi) is 4.86. The van der Waals surface area contributed by atoms with Gasteiger partial charge < -0.3 is 19.6 Å². The van der Waals surface area contributed by atoms with Gasteiger partial charge in [0.1, 0.15) is 5.69 Å². The summed E-state index contributed by atoms with van der Waals surface area (Å²) in [7, 11) is 1.66. The molecule has 9 heteroatoms. The molecule has 1 N–H and O–H groups in total. The van der Waals surface area contributed by atoms with Gasteiger partial charge in [-0.2, -0.15) is 4.98 Å². The van der Waals surface area contributed by atoms with Gasteiger partial charge in [-0.1, -0.05) is 0 Å². The Labute approximate surface area is 122 Å². The lowest BCUT2D eigenvalue weighted by atomic mass is 10.3. The zero-order valence-electron chi connectivity index (χ0n) is 12.2. The predicted octanol–water partition coefficient (Wildman–Crippen LogP) is -0.0417. The number of anilines is 2. The standard InChI is InChI=1S/C12H19N5O4/c1-9-10(17(19)20)11(15(2)3-6-18)14-12(13-9)16-4-7-21-8-5-16/h18H,3-8H2,1-2H3. The molecular weight excluding hydrogens is 278 g/mol. The molecule has 0 saturated carbocycles. The summed E-state index contributed by atoms with van der Waals surface area (Å²) in [5.74, 6) is 0.684. The van der Waals surface area contributed by atoms with Crippen molar-refractivity contribution in [1.29, 1.82) is 0 Å². The fraction of sp³-hybridized carbons (Fsp3) is 0.667. The van der Waals surface area contributed by atoms with Crippen LogP contribution in [-0.4, -0.2) is 66.5 Å². The van der Waals surface area contributed by atoms with E-state index >= 15 is 0 Å². The Morgan fingerprint density at radius 1 is 1.43 bits per heavy atom. The first-order valence-electron chi connectivity index (χ1n) is 6.72. The van der Waals surface area contributed by atoms with Gasteiger partial charge in [0.2, 0.25) is 11.8 Å². The van der Waals surface area contributed by atoms with Crippen molar-refractivity contribution in [3.8, 4) is 0 Å². The number of likely N-dealkylation sites (N-methyl/N-ethyl adjacent to an activating group) is 1. The first-order chi connectivity index (χ1) is 10.0. The van der Waals surface area contributed by atoms with Gasteiger partial charge in [0, 0.05) is 26.7 Å². The average Bonchev–Trinajstić information content (AvgIpc) is 2.47. The number of aromatic nitrogens is 2. The number of hydrogen-bond acceptors (Lipinski definition) is 8. The molecule has 1 aliphatic heterocycles. The molecular formula is C12H19N5O4. The molecule has 9 nitrogen and oxygen atoms in total. The van der Waals surface area contributed by atoms with E-state index in [4.69, 9.17) is 9.84 Å². The van der Waals surface area contributed by atoms with E-state index in [-0.39, 0.29) is 24.7 Å². The van der Waals surface area contributed by atoms with E-state index < -0.39 is 4.92 Å². The first-order valence-corrected chi connectivity index (χ1v) is 6.72. The van der Waals surface area contributed by atoms with Crippen LogP contribution in [0.15, 0.2) is 0 Å². The summed E-state index contributed by atoms with van der Waals surface area (Å²) in [6, 6.07) is 0. The minimum atomic E-state index is -0.484. The highest BCUT2D eigenvalue weighted by molar-refractivity contribution is 5.62. The van der Waals surface area contributed by atoms with Crippen molar-refractivity contribution >= 4 is 17.5 Å². The smallest absolute Gasteiger partial charge is 0.332 e. The van der Waals surface area contributed by atoms with Crippen molar-refractivity contribution in [3.05, 3.63) is 15.8 Å². The molecule has 0 aromatic carbocycles. The summed E-state index contributed by atoms with van der Waals surface area (Å²) in [5.41, 5.74) is 0.194. The highest BCUT2D eigenvalue weighted by atomic mass is 16.6. The lowest BCUT2D eigenvalue weighted by Gasteiger charge is -2.28. The second-order valence-electron chi connectivity index (χ2n) is 4.78. The van der Waals surface area contributed by atoms with Gasteiger partial charge >= 0.3 is 5.69 Å². The minimum absolute atomic E-state index is 0.108. The van der Waals surface area contributed by atoms with Crippen LogP contribution in [0.4, 0.5) is 17.5 Å². The zero-order valence-corrected chi connectivity index (χ0v) is 12.2. The van der Waals surface area contributed by atoms with E-state index in [0.717, 1.165) is 0 Å². The van der Waals surface area contributed by atoms with E-state index in [9.17, 15) is 10.1 Å². The molecule has 0 atom stereocenters. The second kappa shape index (κ2) is 6.64. The van der Waals surface area contributed by atoms with Crippen molar-refractivity contribution in [3.63, 3.8) is 0 Å². The maximum atomic E-state index is 11.2. The number of hydrogen-bond donors (Lipinski definition) is 1. The van der Waals surface area contributed by atoms with Crippen LogP contribution >= 0.6 is 0 Å². The molecule has 0 radical (unpaired) electrons. The molecule has 1 aliphatic rings. The summed E-state index contributed by atoms with van der Waals surface area (Å²) in [6.07, 6.45) is 0. The Morgan fingerprint density at radius 2 is 2.10 bits per heavy atom. The number of morpholine rings is 1. The SMILES string of the molecule is Cc1nc(N2CCOCC2)nc(N(C)CCO)c1[N+](=O)[O-]. The van der Waals surface area contributed by atoms with Gasteiger partial charge in [-0.25, -0.2) is 4.98 Å².